The molecule has 0 saturated carbocycles. The molecule has 1 fully saturated rings. The quantitative estimate of drug-likeness (QED) is 0.856. The average Bonchev–Trinajstić information content (AvgIpc) is 2.96. The minimum absolute atomic E-state index is 0.810. The Bertz CT molecular complexity index is 591. The molecule has 3 rings (SSSR count). The molecule has 1 saturated heterocycles. The Morgan fingerprint density at radius 2 is 2.05 bits per heavy atom. The summed E-state index contributed by atoms with van der Waals surface area (Å²) in [6.45, 7) is 7.37. The first-order chi connectivity index (χ1) is 10.2. The summed E-state index contributed by atoms with van der Waals surface area (Å²) in [6.07, 6.45) is 1.03. The summed E-state index contributed by atoms with van der Waals surface area (Å²) in [4.78, 5) is 9.54. The molecule has 0 radical (unpaired) electrons. The molecule has 0 aliphatic carbocycles. The van der Waals surface area contributed by atoms with Crippen molar-refractivity contribution in [1.82, 2.24) is 9.88 Å². The normalized spacial score (nSPS) is 16.4. The van der Waals surface area contributed by atoms with Crippen molar-refractivity contribution in [2.45, 2.75) is 19.9 Å². The fraction of sp³-hybridized carbons (Fsp3) is 0.438. The number of halogens is 1. The lowest BCUT2D eigenvalue weighted by Crippen LogP contribution is -2.46. The number of anilines is 1. The predicted octanol–water partition coefficient (Wildman–Crippen LogP) is 3.68. The van der Waals surface area contributed by atoms with Gasteiger partial charge in [0.2, 0.25) is 0 Å². The van der Waals surface area contributed by atoms with Crippen molar-refractivity contribution < 1.29 is 0 Å². The highest BCUT2D eigenvalue weighted by atomic mass is 35.5. The van der Waals surface area contributed by atoms with Gasteiger partial charge in [0.25, 0.3) is 0 Å². The Hall–Kier alpha value is -1.10. The molecule has 5 heteroatoms. The van der Waals surface area contributed by atoms with Gasteiger partial charge in [-0.15, -0.1) is 11.3 Å². The van der Waals surface area contributed by atoms with Gasteiger partial charge in [-0.1, -0.05) is 24.6 Å². The van der Waals surface area contributed by atoms with Crippen LogP contribution in [0.2, 0.25) is 5.02 Å². The van der Waals surface area contributed by atoms with Gasteiger partial charge in [-0.2, -0.15) is 0 Å². The monoisotopic (exact) mass is 321 g/mol. The number of piperazine rings is 1. The number of aryl methyl sites for hydroxylation is 1. The van der Waals surface area contributed by atoms with Crippen molar-refractivity contribution >= 4 is 28.6 Å². The van der Waals surface area contributed by atoms with E-state index in [-0.39, 0.29) is 0 Å². The van der Waals surface area contributed by atoms with Crippen LogP contribution in [0.15, 0.2) is 29.6 Å². The average molecular weight is 322 g/mol. The van der Waals surface area contributed by atoms with E-state index in [2.05, 4.69) is 33.2 Å². The summed E-state index contributed by atoms with van der Waals surface area (Å²) in [6, 6.07) is 8.13. The van der Waals surface area contributed by atoms with Gasteiger partial charge in [0.05, 0.1) is 10.7 Å². The maximum absolute atomic E-state index is 6.07. The minimum Gasteiger partial charge on any atom is -0.369 e. The van der Waals surface area contributed by atoms with E-state index < -0.39 is 0 Å². The third kappa shape index (κ3) is 3.76. The van der Waals surface area contributed by atoms with E-state index in [0.29, 0.717) is 0 Å². The minimum atomic E-state index is 0.810. The molecule has 0 unspecified atom stereocenters. The summed E-state index contributed by atoms with van der Waals surface area (Å²) in [5, 5.41) is 4.24. The SMILES string of the molecule is CCc1nc(CN2CCN(c3cccc(Cl)c3)CC2)cs1. The van der Waals surface area contributed by atoms with Crippen LogP contribution in [-0.4, -0.2) is 36.1 Å². The Morgan fingerprint density at radius 3 is 2.71 bits per heavy atom. The van der Waals surface area contributed by atoms with Gasteiger partial charge < -0.3 is 4.90 Å². The molecule has 2 aromatic rings. The second-order valence-electron chi connectivity index (χ2n) is 5.33. The fourth-order valence-electron chi connectivity index (χ4n) is 2.65. The summed E-state index contributed by atoms with van der Waals surface area (Å²) in [5.74, 6) is 0. The van der Waals surface area contributed by atoms with E-state index in [1.54, 1.807) is 11.3 Å². The molecule has 2 heterocycles. The Labute approximate surface area is 135 Å². The van der Waals surface area contributed by atoms with Crippen molar-refractivity contribution in [3.63, 3.8) is 0 Å². The lowest BCUT2D eigenvalue weighted by Gasteiger charge is -2.35. The first-order valence-electron chi connectivity index (χ1n) is 7.41. The molecule has 0 amide bonds. The van der Waals surface area contributed by atoms with Crippen molar-refractivity contribution in [2.24, 2.45) is 0 Å². The highest BCUT2D eigenvalue weighted by Gasteiger charge is 2.18. The van der Waals surface area contributed by atoms with Crippen LogP contribution < -0.4 is 4.90 Å². The Balaban J connectivity index is 1.55. The number of benzene rings is 1. The smallest absolute Gasteiger partial charge is 0.0926 e. The largest absolute Gasteiger partial charge is 0.369 e. The van der Waals surface area contributed by atoms with E-state index in [9.17, 15) is 0 Å². The molecule has 1 aliphatic rings. The highest BCUT2D eigenvalue weighted by molar-refractivity contribution is 7.09. The van der Waals surface area contributed by atoms with Crippen LogP contribution in [0.5, 0.6) is 0 Å². The second-order valence-corrected chi connectivity index (χ2v) is 6.71. The van der Waals surface area contributed by atoms with E-state index in [1.807, 2.05) is 18.2 Å². The molecule has 0 N–H and O–H groups in total. The molecule has 0 spiro atoms. The van der Waals surface area contributed by atoms with E-state index in [4.69, 9.17) is 11.6 Å². The van der Waals surface area contributed by atoms with Crippen LogP contribution in [0.4, 0.5) is 5.69 Å². The number of rotatable bonds is 4. The van der Waals surface area contributed by atoms with Crippen molar-refractivity contribution in [2.75, 3.05) is 31.1 Å². The molecule has 21 heavy (non-hydrogen) atoms. The summed E-state index contributed by atoms with van der Waals surface area (Å²) in [5.41, 5.74) is 2.44. The zero-order valence-corrected chi connectivity index (χ0v) is 13.8. The molecule has 1 aliphatic heterocycles. The van der Waals surface area contributed by atoms with Gasteiger partial charge in [-0.3, -0.25) is 4.90 Å². The standard InChI is InChI=1S/C16H20ClN3S/c1-2-16-18-14(12-21-16)11-19-6-8-20(9-7-19)15-5-3-4-13(17)10-15/h3-5,10,12H,2,6-9,11H2,1H3. The molecule has 0 bridgehead atoms. The number of thiazole rings is 1. The lowest BCUT2D eigenvalue weighted by molar-refractivity contribution is 0.247. The number of nitrogens with zero attached hydrogens (tertiary/aromatic N) is 3. The number of hydrogen-bond donors (Lipinski definition) is 0. The van der Waals surface area contributed by atoms with Gasteiger partial charge in [0.15, 0.2) is 0 Å². The molecular weight excluding hydrogens is 302 g/mol. The van der Waals surface area contributed by atoms with Crippen LogP contribution >= 0.6 is 22.9 Å². The molecule has 1 aromatic carbocycles. The fourth-order valence-corrected chi connectivity index (χ4v) is 3.57. The maximum Gasteiger partial charge on any atom is 0.0926 e. The summed E-state index contributed by atoms with van der Waals surface area (Å²) < 4.78 is 0. The van der Waals surface area contributed by atoms with E-state index in [0.717, 1.165) is 44.2 Å². The highest BCUT2D eigenvalue weighted by Crippen LogP contribution is 2.21. The van der Waals surface area contributed by atoms with E-state index >= 15 is 0 Å². The zero-order valence-electron chi connectivity index (χ0n) is 12.3. The van der Waals surface area contributed by atoms with Gasteiger partial charge in [0.1, 0.15) is 0 Å². The topological polar surface area (TPSA) is 19.4 Å². The van der Waals surface area contributed by atoms with E-state index in [1.165, 1.54) is 16.4 Å². The van der Waals surface area contributed by atoms with Gasteiger partial charge in [0, 0.05) is 48.8 Å². The Kier molecular flexibility index (Phi) is 4.78. The van der Waals surface area contributed by atoms with Gasteiger partial charge in [-0.05, 0) is 24.6 Å². The van der Waals surface area contributed by atoms with Crippen LogP contribution in [0.3, 0.4) is 0 Å². The maximum atomic E-state index is 6.07. The first kappa shape index (κ1) is 14.8. The van der Waals surface area contributed by atoms with Crippen molar-refractivity contribution in [3.05, 3.63) is 45.4 Å². The predicted molar refractivity (Wildman–Crippen MR) is 90.4 cm³/mol. The van der Waals surface area contributed by atoms with Crippen LogP contribution in [0.1, 0.15) is 17.6 Å². The molecule has 112 valence electrons. The van der Waals surface area contributed by atoms with Crippen molar-refractivity contribution in [3.8, 4) is 0 Å². The second kappa shape index (κ2) is 6.77. The number of hydrogen-bond acceptors (Lipinski definition) is 4. The number of aromatic nitrogens is 1. The zero-order chi connectivity index (χ0) is 14.7. The van der Waals surface area contributed by atoms with Crippen LogP contribution in [0.25, 0.3) is 0 Å². The van der Waals surface area contributed by atoms with Crippen LogP contribution in [0, 0.1) is 0 Å². The summed E-state index contributed by atoms with van der Waals surface area (Å²) in [7, 11) is 0. The molecule has 3 nitrogen and oxygen atoms in total. The summed E-state index contributed by atoms with van der Waals surface area (Å²) >= 11 is 7.85. The lowest BCUT2D eigenvalue weighted by atomic mass is 10.2. The molecular formula is C16H20ClN3S. The Morgan fingerprint density at radius 1 is 1.24 bits per heavy atom. The van der Waals surface area contributed by atoms with Gasteiger partial charge >= 0.3 is 0 Å². The third-order valence-corrected chi connectivity index (χ3v) is 5.11. The van der Waals surface area contributed by atoms with Gasteiger partial charge in [-0.25, -0.2) is 4.98 Å². The molecule has 1 aromatic heterocycles. The van der Waals surface area contributed by atoms with Crippen molar-refractivity contribution in [1.29, 1.82) is 0 Å². The first-order valence-corrected chi connectivity index (χ1v) is 8.66. The third-order valence-electron chi connectivity index (χ3n) is 3.83. The molecule has 0 atom stereocenters. The van der Waals surface area contributed by atoms with Crippen LogP contribution in [-0.2, 0) is 13.0 Å².